The summed E-state index contributed by atoms with van der Waals surface area (Å²) in [6, 6.07) is 0. The molecule has 0 spiro atoms. The van der Waals surface area contributed by atoms with Crippen LogP contribution in [0, 0.1) is 5.92 Å². The van der Waals surface area contributed by atoms with Crippen LogP contribution in [0.4, 0.5) is 0 Å². The zero-order chi connectivity index (χ0) is 13.0. The van der Waals surface area contributed by atoms with E-state index in [-0.39, 0.29) is 12.6 Å². The molecule has 18 heavy (non-hydrogen) atoms. The zero-order valence-corrected chi connectivity index (χ0v) is 11.2. The largest absolute Gasteiger partial charge is 0.457 e. The van der Waals surface area contributed by atoms with Crippen LogP contribution < -0.4 is 0 Å². The number of esters is 1. The molecule has 0 bridgehead atoms. The van der Waals surface area contributed by atoms with Crippen molar-refractivity contribution in [1.82, 2.24) is 14.8 Å². The van der Waals surface area contributed by atoms with Crippen molar-refractivity contribution in [3.8, 4) is 0 Å². The van der Waals surface area contributed by atoms with E-state index in [1.165, 1.54) is 6.42 Å². The van der Waals surface area contributed by atoms with E-state index in [0.29, 0.717) is 12.3 Å². The molecule has 1 aromatic rings. The Hall–Kier alpha value is -1.39. The number of carbonyl (C=O) groups is 1. The minimum absolute atomic E-state index is 0.142. The SMILES string of the molecule is CC(C)CCC(=O)OCc1nnc2n1CCCC2. The summed E-state index contributed by atoms with van der Waals surface area (Å²) in [7, 11) is 0. The average molecular weight is 251 g/mol. The number of aromatic nitrogens is 3. The number of aryl methyl sites for hydroxylation is 1. The van der Waals surface area contributed by atoms with Gasteiger partial charge in [-0.1, -0.05) is 13.8 Å². The van der Waals surface area contributed by atoms with Crippen LogP contribution in [0.1, 0.15) is 51.2 Å². The molecule has 5 heteroatoms. The fraction of sp³-hybridized carbons (Fsp3) is 0.769. The lowest BCUT2D eigenvalue weighted by Gasteiger charge is -2.14. The van der Waals surface area contributed by atoms with Crippen molar-refractivity contribution < 1.29 is 9.53 Å². The molecule has 1 aromatic heterocycles. The molecule has 1 aliphatic rings. The number of rotatable bonds is 5. The maximum Gasteiger partial charge on any atom is 0.306 e. The molecular formula is C13H21N3O2. The van der Waals surface area contributed by atoms with Gasteiger partial charge in [0, 0.05) is 19.4 Å². The molecule has 2 rings (SSSR count). The second kappa shape index (κ2) is 5.98. The molecule has 0 fully saturated rings. The predicted molar refractivity (Wildman–Crippen MR) is 66.8 cm³/mol. The zero-order valence-electron chi connectivity index (χ0n) is 11.2. The van der Waals surface area contributed by atoms with E-state index in [4.69, 9.17) is 4.74 Å². The van der Waals surface area contributed by atoms with Gasteiger partial charge >= 0.3 is 5.97 Å². The van der Waals surface area contributed by atoms with Crippen molar-refractivity contribution in [3.05, 3.63) is 11.6 Å². The summed E-state index contributed by atoms with van der Waals surface area (Å²) in [6.45, 7) is 5.40. The van der Waals surface area contributed by atoms with Gasteiger partial charge in [0.1, 0.15) is 5.82 Å². The van der Waals surface area contributed by atoms with Gasteiger partial charge in [-0.2, -0.15) is 0 Å². The lowest BCUT2D eigenvalue weighted by molar-refractivity contribution is -0.145. The highest BCUT2D eigenvalue weighted by atomic mass is 16.5. The molecule has 0 N–H and O–H groups in total. The quantitative estimate of drug-likeness (QED) is 0.752. The van der Waals surface area contributed by atoms with Gasteiger partial charge in [0.05, 0.1) is 0 Å². The van der Waals surface area contributed by atoms with Crippen LogP contribution in [0.3, 0.4) is 0 Å². The van der Waals surface area contributed by atoms with Gasteiger partial charge in [0.15, 0.2) is 12.4 Å². The monoisotopic (exact) mass is 251 g/mol. The molecule has 0 aromatic carbocycles. The van der Waals surface area contributed by atoms with E-state index >= 15 is 0 Å². The fourth-order valence-electron chi connectivity index (χ4n) is 2.10. The second-order valence-electron chi connectivity index (χ2n) is 5.23. The molecule has 0 radical (unpaired) electrons. The summed E-state index contributed by atoms with van der Waals surface area (Å²) >= 11 is 0. The molecule has 1 aliphatic heterocycles. The van der Waals surface area contributed by atoms with Gasteiger partial charge in [-0.25, -0.2) is 0 Å². The van der Waals surface area contributed by atoms with Crippen LogP contribution in [-0.4, -0.2) is 20.7 Å². The molecule has 5 nitrogen and oxygen atoms in total. The first-order valence-corrected chi connectivity index (χ1v) is 6.73. The summed E-state index contributed by atoms with van der Waals surface area (Å²) in [5, 5.41) is 8.23. The van der Waals surface area contributed by atoms with Crippen LogP contribution in [0.2, 0.25) is 0 Å². The van der Waals surface area contributed by atoms with Crippen molar-refractivity contribution >= 4 is 5.97 Å². The summed E-state index contributed by atoms with van der Waals surface area (Å²) < 4.78 is 7.32. The fourth-order valence-corrected chi connectivity index (χ4v) is 2.10. The Kier molecular flexibility index (Phi) is 4.33. The van der Waals surface area contributed by atoms with E-state index in [2.05, 4.69) is 28.6 Å². The Morgan fingerprint density at radius 3 is 3.00 bits per heavy atom. The minimum Gasteiger partial charge on any atom is -0.457 e. The normalized spacial score (nSPS) is 14.6. The molecule has 0 unspecified atom stereocenters. The third-order valence-electron chi connectivity index (χ3n) is 3.22. The van der Waals surface area contributed by atoms with Crippen LogP contribution in [0.25, 0.3) is 0 Å². The van der Waals surface area contributed by atoms with E-state index in [1.54, 1.807) is 0 Å². The summed E-state index contributed by atoms with van der Waals surface area (Å²) in [5.74, 6) is 2.19. The first-order chi connectivity index (χ1) is 8.66. The lowest BCUT2D eigenvalue weighted by Crippen LogP contribution is -2.15. The Bertz CT molecular complexity index is 412. The van der Waals surface area contributed by atoms with Crippen LogP contribution >= 0.6 is 0 Å². The van der Waals surface area contributed by atoms with Gasteiger partial charge in [-0.05, 0) is 25.2 Å². The molecule has 0 saturated heterocycles. The highest BCUT2D eigenvalue weighted by molar-refractivity contribution is 5.69. The topological polar surface area (TPSA) is 57.0 Å². The van der Waals surface area contributed by atoms with Crippen molar-refractivity contribution in [2.75, 3.05) is 0 Å². The standard InChI is InChI=1S/C13H21N3O2/c1-10(2)6-7-13(17)18-9-12-15-14-11-5-3-4-8-16(11)12/h10H,3-9H2,1-2H3. The number of fused-ring (bicyclic) bond motifs is 1. The van der Waals surface area contributed by atoms with Crippen molar-refractivity contribution in [2.24, 2.45) is 5.92 Å². The predicted octanol–water partition coefficient (Wildman–Crippen LogP) is 2.09. The van der Waals surface area contributed by atoms with E-state index < -0.39 is 0 Å². The van der Waals surface area contributed by atoms with Crippen molar-refractivity contribution in [3.63, 3.8) is 0 Å². The number of carbonyl (C=O) groups excluding carboxylic acids is 1. The average Bonchev–Trinajstić information content (AvgIpc) is 2.77. The van der Waals surface area contributed by atoms with Crippen LogP contribution in [0.15, 0.2) is 0 Å². The van der Waals surface area contributed by atoms with Crippen LogP contribution in [-0.2, 0) is 29.1 Å². The lowest BCUT2D eigenvalue weighted by atomic mass is 10.1. The molecular weight excluding hydrogens is 230 g/mol. The molecule has 0 saturated carbocycles. The first kappa shape index (κ1) is 13.1. The van der Waals surface area contributed by atoms with Gasteiger partial charge in [-0.15, -0.1) is 10.2 Å². The van der Waals surface area contributed by atoms with Crippen molar-refractivity contribution in [1.29, 1.82) is 0 Å². The summed E-state index contributed by atoms with van der Waals surface area (Å²) in [6.07, 6.45) is 4.66. The highest BCUT2D eigenvalue weighted by Gasteiger charge is 2.16. The molecule has 0 amide bonds. The first-order valence-electron chi connectivity index (χ1n) is 6.73. The molecule has 0 atom stereocenters. The van der Waals surface area contributed by atoms with Crippen molar-refractivity contribution in [2.45, 2.75) is 59.1 Å². The number of ether oxygens (including phenoxy) is 1. The van der Waals surface area contributed by atoms with Gasteiger partial charge in [0.25, 0.3) is 0 Å². The Morgan fingerprint density at radius 1 is 1.39 bits per heavy atom. The molecule has 100 valence electrons. The minimum atomic E-state index is -0.142. The molecule has 2 heterocycles. The number of nitrogens with zero attached hydrogens (tertiary/aromatic N) is 3. The Labute approximate surface area is 108 Å². The summed E-state index contributed by atoms with van der Waals surface area (Å²) in [4.78, 5) is 11.5. The molecule has 0 aliphatic carbocycles. The number of hydrogen-bond donors (Lipinski definition) is 0. The highest BCUT2D eigenvalue weighted by Crippen LogP contribution is 2.15. The van der Waals surface area contributed by atoms with Gasteiger partial charge < -0.3 is 9.30 Å². The Balaban J connectivity index is 1.83. The van der Waals surface area contributed by atoms with Gasteiger partial charge in [0.2, 0.25) is 0 Å². The maximum atomic E-state index is 11.5. The van der Waals surface area contributed by atoms with E-state index in [1.807, 2.05) is 0 Å². The third-order valence-corrected chi connectivity index (χ3v) is 3.22. The Morgan fingerprint density at radius 2 is 2.22 bits per heavy atom. The number of hydrogen-bond acceptors (Lipinski definition) is 4. The van der Waals surface area contributed by atoms with Gasteiger partial charge in [-0.3, -0.25) is 4.79 Å². The third kappa shape index (κ3) is 3.31. The van der Waals surface area contributed by atoms with Crippen LogP contribution in [0.5, 0.6) is 0 Å². The van der Waals surface area contributed by atoms with E-state index in [0.717, 1.165) is 37.5 Å². The second-order valence-corrected chi connectivity index (χ2v) is 5.23. The van der Waals surface area contributed by atoms with E-state index in [9.17, 15) is 4.79 Å². The summed E-state index contributed by atoms with van der Waals surface area (Å²) in [5.41, 5.74) is 0. The smallest absolute Gasteiger partial charge is 0.306 e. The maximum absolute atomic E-state index is 11.5.